The van der Waals surface area contributed by atoms with Crippen LogP contribution in [-0.4, -0.2) is 46.4 Å². The predicted molar refractivity (Wildman–Crippen MR) is 118 cm³/mol. The topological polar surface area (TPSA) is 116 Å². The first-order chi connectivity index (χ1) is 15.3. The van der Waals surface area contributed by atoms with Gasteiger partial charge >= 0.3 is 5.97 Å². The smallest absolute Gasteiger partial charge is 0.375 e. The molecule has 164 valence electrons. The number of rotatable bonds is 6. The first kappa shape index (κ1) is 22.5. The highest BCUT2D eigenvalue weighted by Gasteiger charge is 2.12. The predicted octanol–water partition coefficient (Wildman–Crippen LogP) is 3.17. The lowest BCUT2D eigenvalue weighted by atomic mass is 10.2. The van der Waals surface area contributed by atoms with Crippen LogP contribution in [-0.2, 0) is 13.1 Å². The number of hydrogen-bond acceptors (Lipinski definition) is 6. The largest absolute Gasteiger partial charge is 0.475 e. The highest BCUT2D eigenvalue weighted by Crippen LogP contribution is 2.06. The molecule has 0 aliphatic heterocycles. The molecule has 0 radical (unpaired) electrons. The molecule has 0 aliphatic rings. The maximum Gasteiger partial charge on any atom is 0.375 e. The Morgan fingerprint density at radius 2 is 1.16 bits per heavy atom. The maximum atomic E-state index is 11.1. The summed E-state index contributed by atoms with van der Waals surface area (Å²) in [5.74, 6) is 0.280. The van der Waals surface area contributed by atoms with Gasteiger partial charge < -0.3 is 5.11 Å². The number of hydrogen-bond donors (Lipinski definition) is 1. The van der Waals surface area contributed by atoms with Crippen LogP contribution in [0.4, 0.5) is 0 Å². The van der Waals surface area contributed by atoms with Gasteiger partial charge in [-0.2, -0.15) is 0 Å². The van der Waals surface area contributed by atoms with Gasteiger partial charge in [-0.15, -0.1) is 10.2 Å². The lowest BCUT2D eigenvalue weighted by Crippen LogP contribution is -2.05. The number of aromatic carboxylic acids is 1. The monoisotopic (exact) mass is 432 g/mol. The Bertz CT molecular complexity index is 1100. The molecule has 0 spiro atoms. The summed E-state index contributed by atoms with van der Waals surface area (Å²) < 4.78 is 3.32. The third kappa shape index (κ3) is 5.94. The van der Waals surface area contributed by atoms with Gasteiger partial charge in [0.15, 0.2) is 5.78 Å². The third-order valence-corrected chi connectivity index (χ3v) is 4.57. The van der Waals surface area contributed by atoms with Crippen molar-refractivity contribution in [1.29, 1.82) is 0 Å². The summed E-state index contributed by atoms with van der Waals surface area (Å²) in [6.45, 7) is 6.24. The van der Waals surface area contributed by atoms with Crippen LogP contribution in [0.5, 0.6) is 0 Å². The van der Waals surface area contributed by atoms with E-state index in [9.17, 15) is 9.59 Å². The molecule has 0 amide bonds. The summed E-state index contributed by atoms with van der Waals surface area (Å²) in [7, 11) is 0. The van der Waals surface area contributed by atoms with Crippen LogP contribution in [0.2, 0.25) is 0 Å². The van der Waals surface area contributed by atoms with E-state index in [1.807, 2.05) is 67.6 Å². The molecule has 0 atom stereocenters. The van der Waals surface area contributed by atoms with Crippen LogP contribution < -0.4 is 0 Å². The summed E-state index contributed by atoms with van der Waals surface area (Å²) in [6.07, 6.45) is 0. The normalized spacial score (nSPS) is 10.3. The average molecular weight is 432 g/mol. The summed E-state index contributed by atoms with van der Waals surface area (Å²) in [5.41, 5.74) is 2.21. The minimum Gasteiger partial charge on any atom is -0.475 e. The molecule has 32 heavy (non-hydrogen) atoms. The molecular weight excluding hydrogens is 408 g/mol. The molecule has 4 aromatic rings. The van der Waals surface area contributed by atoms with Gasteiger partial charge in [0.25, 0.3) is 5.82 Å². The van der Waals surface area contributed by atoms with E-state index >= 15 is 0 Å². The van der Waals surface area contributed by atoms with Gasteiger partial charge in [0, 0.05) is 6.92 Å². The third-order valence-electron chi connectivity index (χ3n) is 4.57. The molecule has 4 rings (SSSR count). The summed E-state index contributed by atoms with van der Waals surface area (Å²) in [5, 5.41) is 16.8. The quantitative estimate of drug-likeness (QED) is 0.465. The van der Waals surface area contributed by atoms with Gasteiger partial charge in [0.2, 0.25) is 5.82 Å². The van der Waals surface area contributed by atoms with Crippen molar-refractivity contribution in [3.05, 3.63) is 95.1 Å². The number of Topliss-reactive ketones (excluding diaryl/α,β-unsaturated/α-hetero) is 1. The molecule has 0 saturated heterocycles. The zero-order valence-corrected chi connectivity index (χ0v) is 18.1. The second-order valence-corrected chi connectivity index (χ2v) is 7.11. The first-order valence-corrected chi connectivity index (χ1v) is 9.98. The number of nitrogens with zero attached hydrogens (tertiary/aromatic N) is 6. The Morgan fingerprint density at radius 3 is 1.50 bits per heavy atom. The van der Waals surface area contributed by atoms with Gasteiger partial charge in [-0.25, -0.2) is 24.1 Å². The van der Waals surface area contributed by atoms with Crippen molar-refractivity contribution >= 4 is 11.8 Å². The number of carboxylic acid groups (broad SMARTS) is 1. The Morgan fingerprint density at radius 1 is 0.750 bits per heavy atom. The van der Waals surface area contributed by atoms with Crippen LogP contribution in [0.3, 0.4) is 0 Å². The Balaban J connectivity index is 0.000000181. The van der Waals surface area contributed by atoms with Gasteiger partial charge in [0.1, 0.15) is 11.6 Å². The fourth-order valence-corrected chi connectivity index (χ4v) is 2.89. The van der Waals surface area contributed by atoms with Gasteiger partial charge in [-0.3, -0.25) is 4.79 Å². The fraction of sp³-hybridized carbons (Fsp3) is 0.217. The minimum absolute atomic E-state index is 0.102. The molecule has 1 N–H and O–H groups in total. The van der Waals surface area contributed by atoms with E-state index in [2.05, 4.69) is 20.2 Å². The average Bonchev–Trinajstić information content (AvgIpc) is 3.33. The lowest BCUT2D eigenvalue weighted by Gasteiger charge is -2.02. The molecule has 0 saturated carbocycles. The molecule has 0 fully saturated rings. The Kier molecular flexibility index (Phi) is 7.22. The first-order valence-electron chi connectivity index (χ1n) is 9.98. The minimum atomic E-state index is -1.10. The van der Waals surface area contributed by atoms with E-state index in [4.69, 9.17) is 5.11 Å². The zero-order chi connectivity index (χ0) is 23.1. The highest BCUT2D eigenvalue weighted by molar-refractivity contribution is 5.90. The Hall–Kier alpha value is -4.14. The van der Waals surface area contributed by atoms with Gasteiger partial charge in [-0.05, 0) is 25.0 Å². The second kappa shape index (κ2) is 10.3. The van der Waals surface area contributed by atoms with Crippen molar-refractivity contribution in [2.75, 3.05) is 0 Å². The standard InChI is InChI=1S/C12H13N3O.C11H11N3O2/c1-9(16)12-13-10(2)15(14-12)8-11-6-4-3-5-7-11;1-8-12-10(11(15)16)13-14(8)7-9-5-3-2-4-6-9/h3-7H,8H2,1-2H3;2-6H,7H2,1H3,(H,15,16). The van der Waals surface area contributed by atoms with Crippen molar-refractivity contribution in [3.63, 3.8) is 0 Å². The van der Waals surface area contributed by atoms with Gasteiger partial charge in [0.05, 0.1) is 13.1 Å². The van der Waals surface area contributed by atoms with E-state index in [1.165, 1.54) is 6.92 Å². The molecule has 2 aromatic heterocycles. The number of carbonyl (C=O) groups excluding carboxylic acids is 1. The van der Waals surface area contributed by atoms with E-state index in [0.717, 1.165) is 17.0 Å². The molecule has 9 heteroatoms. The van der Waals surface area contributed by atoms with Gasteiger partial charge in [-0.1, -0.05) is 60.7 Å². The van der Waals surface area contributed by atoms with Crippen LogP contribution >= 0.6 is 0 Å². The molecule has 0 aliphatic carbocycles. The molecule has 0 bridgehead atoms. The fourth-order valence-electron chi connectivity index (χ4n) is 2.89. The molecular formula is C23H24N6O3. The van der Waals surface area contributed by atoms with E-state index < -0.39 is 5.97 Å². The van der Waals surface area contributed by atoms with Crippen LogP contribution in [0.1, 0.15) is 50.9 Å². The number of benzene rings is 2. The van der Waals surface area contributed by atoms with Crippen molar-refractivity contribution in [3.8, 4) is 0 Å². The van der Waals surface area contributed by atoms with Crippen molar-refractivity contribution in [1.82, 2.24) is 29.5 Å². The van der Waals surface area contributed by atoms with Crippen molar-refractivity contribution in [2.24, 2.45) is 0 Å². The van der Waals surface area contributed by atoms with E-state index in [0.29, 0.717) is 18.9 Å². The number of carbonyl (C=O) groups is 2. The number of ketones is 1. The SMILES string of the molecule is CC(=O)c1nc(C)n(Cc2ccccc2)n1.Cc1nc(C(=O)O)nn1Cc1ccccc1. The maximum absolute atomic E-state index is 11.1. The summed E-state index contributed by atoms with van der Waals surface area (Å²) in [6, 6.07) is 19.7. The van der Waals surface area contributed by atoms with Crippen LogP contribution in [0.15, 0.2) is 60.7 Å². The molecule has 2 heterocycles. The highest BCUT2D eigenvalue weighted by atomic mass is 16.4. The van der Waals surface area contributed by atoms with Crippen LogP contribution in [0, 0.1) is 13.8 Å². The number of aromatic nitrogens is 6. The van der Waals surface area contributed by atoms with E-state index in [-0.39, 0.29) is 17.4 Å². The molecule has 2 aromatic carbocycles. The second-order valence-electron chi connectivity index (χ2n) is 7.11. The number of carboxylic acids is 1. The lowest BCUT2D eigenvalue weighted by molar-refractivity contribution is 0.0683. The zero-order valence-electron chi connectivity index (χ0n) is 18.1. The molecule has 9 nitrogen and oxygen atoms in total. The summed E-state index contributed by atoms with van der Waals surface area (Å²) in [4.78, 5) is 29.8. The van der Waals surface area contributed by atoms with Crippen molar-refractivity contribution in [2.45, 2.75) is 33.9 Å². The van der Waals surface area contributed by atoms with E-state index in [1.54, 1.807) is 16.3 Å². The number of aryl methyl sites for hydroxylation is 2. The Labute approximate surface area is 185 Å². The van der Waals surface area contributed by atoms with Crippen LogP contribution in [0.25, 0.3) is 0 Å². The molecule has 0 unspecified atom stereocenters. The van der Waals surface area contributed by atoms with Crippen molar-refractivity contribution < 1.29 is 14.7 Å². The summed E-state index contributed by atoms with van der Waals surface area (Å²) >= 11 is 0.